The van der Waals surface area contributed by atoms with Crippen molar-refractivity contribution in [1.82, 2.24) is 0 Å². The maximum absolute atomic E-state index is 5.44. The minimum Gasteiger partial charge on any atom is -0.670 e. The molecule has 2 fully saturated rings. The van der Waals surface area contributed by atoms with E-state index in [0.717, 1.165) is 34.6 Å². The second kappa shape index (κ2) is 24.6. The van der Waals surface area contributed by atoms with Gasteiger partial charge in [0.15, 0.2) is 0 Å². The maximum atomic E-state index is 5.44. The summed E-state index contributed by atoms with van der Waals surface area (Å²) in [6, 6.07) is 45.0. The Morgan fingerprint density at radius 3 is 1.34 bits per heavy atom. The molecule has 7 rings (SSSR count). The van der Waals surface area contributed by atoms with Gasteiger partial charge in [0.1, 0.15) is 0 Å². The molecule has 5 aromatic carbocycles. The molecule has 4 heteroatoms. The summed E-state index contributed by atoms with van der Waals surface area (Å²) in [5, 5.41) is 13.5. The molecule has 0 amide bonds. The largest absolute Gasteiger partial charge is 0.670 e. The molecule has 2 aliphatic rings. The van der Waals surface area contributed by atoms with Gasteiger partial charge in [-0.2, -0.15) is 73.9 Å². The molecule has 0 aliphatic heterocycles. The standard InChI is InChI=1S/C28H41N2P.3C7H7.Zr/c1-28(2,3)30-27(29-21-23-15-12-14-22-13-10-11-20-26(22)23)31(24-16-6-4-7-17-24)25-18-8-5-9-19-25;3*1-7-5-3-2-4-6-7;/h10-15,20,24-25,27H,4-9,16-19,21H2,1-3H3;3*2-6H,1H2;/q-2;3*-1;. The molecule has 0 aromatic heterocycles. The third kappa shape index (κ3) is 17.0. The first-order valence-corrected chi connectivity index (χ1v) is 21.0. The Bertz CT molecular complexity index is 1530. The van der Waals surface area contributed by atoms with Crippen LogP contribution in [0.15, 0.2) is 133 Å². The summed E-state index contributed by atoms with van der Waals surface area (Å²) in [5.74, 6) is 0.195. The summed E-state index contributed by atoms with van der Waals surface area (Å²) in [5.41, 5.74) is 6.29. The van der Waals surface area contributed by atoms with Crippen molar-refractivity contribution in [1.29, 1.82) is 0 Å². The zero-order valence-corrected chi connectivity index (χ0v) is 36.0. The monoisotopic (exact) mass is 799 g/mol. The molecule has 0 radical (unpaired) electrons. The number of hydrogen-bond acceptors (Lipinski definition) is 0. The van der Waals surface area contributed by atoms with E-state index in [-0.39, 0.29) is 45.6 Å². The van der Waals surface area contributed by atoms with Gasteiger partial charge in [-0.15, -0.1) is 56.4 Å². The van der Waals surface area contributed by atoms with E-state index in [4.69, 9.17) is 10.6 Å². The van der Waals surface area contributed by atoms with Gasteiger partial charge in [0, 0.05) is 26.2 Å². The van der Waals surface area contributed by atoms with Crippen LogP contribution < -0.4 is 0 Å². The van der Waals surface area contributed by atoms with Crippen LogP contribution in [0, 0.1) is 20.8 Å². The predicted molar refractivity (Wildman–Crippen MR) is 231 cm³/mol. The van der Waals surface area contributed by atoms with Gasteiger partial charge in [0.25, 0.3) is 0 Å². The molecular weight excluding hydrogens is 739 g/mol. The summed E-state index contributed by atoms with van der Waals surface area (Å²) in [6.45, 7) is 18.8. The third-order valence-corrected chi connectivity index (χ3v) is 13.1. The van der Waals surface area contributed by atoms with Crippen LogP contribution in [0.2, 0.25) is 0 Å². The molecule has 1 atom stereocenters. The minimum atomic E-state index is -0.198. The second-order valence-electron chi connectivity index (χ2n) is 15.1. The average molecular weight is 801 g/mol. The number of hydrogen-bond donors (Lipinski definition) is 0. The van der Waals surface area contributed by atoms with Gasteiger partial charge in [-0.05, 0) is 47.8 Å². The number of nitrogens with zero attached hydrogens (tertiary/aromatic N) is 2. The van der Waals surface area contributed by atoms with Crippen LogP contribution in [0.1, 0.15) is 107 Å². The van der Waals surface area contributed by atoms with E-state index in [2.05, 4.69) is 84.0 Å². The topological polar surface area (TPSA) is 28.2 Å². The van der Waals surface area contributed by atoms with E-state index in [1.165, 1.54) is 80.5 Å². The Labute approximate surface area is 344 Å². The summed E-state index contributed by atoms with van der Waals surface area (Å²) >= 11 is 0. The molecule has 2 saturated carbocycles. The van der Waals surface area contributed by atoms with Gasteiger partial charge in [-0.1, -0.05) is 126 Å². The Hall–Kier alpha value is -2.80. The first kappa shape index (κ1) is 44.6. The normalized spacial score (nSPS) is 15.3. The van der Waals surface area contributed by atoms with Gasteiger partial charge in [0.2, 0.25) is 0 Å². The van der Waals surface area contributed by atoms with Crippen molar-refractivity contribution in [3.05, 3.63) is 187 Å². The first-order valence-electron chi connectivity index (χ1n) is 19.4. The van der Waals surface area contributed by atoms with E-state index < -0.39 is 0 Å². The molecule has 0 N–H and O–H groups in total. The average Bonchev–Trinajstić information content (AvgIpc) is 3.16. The summed E-state index contributed by atoms with van der Waals surface area (Å²) in [4.78, 5) is 0. The second-order valence-corrected chi connectivity index (χ2v) is 17.9. The fourth-order valence-corrected chi connectivity index (χ4v) is 11.0. The number of fused-ring (bicyclic) bond motifs is 1. The van der Waals surface area contributed by atoms with Gasteiger partial charge in [-0.3, -0.25) is 0 Å². The third-order valence-electron chi connectivity index (χ3n) is 9.60. The summed E-state index contributed by atoms with van der Waals surface area (Å²) < 4.78 is 0. The molecule has 0 bridgehead atoms. The minimum absolute atomic E-state index is 0. The molecule has 0 heterocycles. The van der Waals surface area contributed by atoms with Crippen LogP contribution in [0.3, 0.4) is 0 Å². The van der Waals surface area contributed by atoms with E-state index >= 15 is 0 Å². The number of benzene rings is 5. The van der Waals surface area contributed by atoms with E-state index in [0.29, 0.717) is 0 Å². The van der Waals surface area contributed by atoms with E-state index in [1.54, 1.807) is 0 Å². The van der Waals surface area contributed by atoms with Gasteiger partial charge >= 0.3 is 0 Å². The molecule has 53 heavy (non-hydrogen) atoms. The fraction of sp³-hybridized carbons (Fsp3) is 0.367. The molecule has 0 saturated heterocycles. The Morgan fingerprint density at radius 1 is 0.547 bits per heavy atom. The van der Waals surface area contributed by atoms with Crippen molar-refractivity contribution in [3.8, 4) is 0 Å². The Morgan fingerprint density at radius 2 is 0.943 bits per heavy atom. The smallest absolute Gasteiger partial charge is 0 e. The van der Waals surface area contributed by atoms with Crippen LogP contribution in [0.5, 0.6) is 0 Å². The van der Waals surface area contributed by atoms with E-state index in [1.807, 2.05) is 91.0 Å². The van der Waals surface area contributed by atoms with Gasteiger partial charge in [-0.25, -0.2) is 5.91 Å². The fourth-order valence-electron chi connectivity index (χ4n) is 7.03. The van der Waals surface area contributed by atoms with Crippen molar-refractivity contribution in [2.24, 2.45) is 0 Å². The zero-order valence-electron chi connectivity index (χ0n) is 32.7. The predicted octanol–water partition coefficient (Wildman–Crippen LogP) is 14.9. The Kier molecular flexibility index (Phi) is 20.7. The summed E-state index contributed by atoms with van der Waals surface area (Å²) in [6.07, 6.45) is 14.2. The van der Waals surface area contributed by atoms with Crippen LogP contribution >= 0.6 is 7.92 Å². The quantitative estimate of drug-likeness (QED) is 0.116. The van der Waals surface area contributed by atoms with Crippen LogP contribution in [-0.2, 0) is 32.7 Å². The maximum Gasteiger partial charge on any atom is 0 e. The Balaban J connectivity index is 0.000000275. The van der Waals surface area contributed by atoms with Gasteiger partial charge in [0.05, 0.1) is 0 Å². The number of rotatable bonds is 7. The van der Waals surface area contributed by atoms with Crippen LogP contribution in [-0.4, -0.2) is 22.8 Å². The molecule has 2 aliphatic carbocycles. The molecule has 0 spiro atoms. The molecule has 1 unspecified atom stereocenters. The molecule has 5 aromatic rings. The van der Waals surface area contributed by atoms with E-state index in [9.17, 15) is 0 Å². The van der Waals surface area contributed by atoms with Crippen molar-refractivity contribution < 1.29 is 26.2 Å². The van der Waals surface area contributed by atoms with Crippen molar-refractivity contribution in [3.63, 3.8) is 0 Å². The van der Waals surface area contributed by atoms with Crippen molar-refractivity contribution >= 4 is 18.7 Å². The van der Waals surface area contributed by atoms with Crippen molar-refractivity contribution in [2.75, 3.05) is 0 Å². The van der Waals surface area contributed by atoms with Crippen LogP contribution in [0.4, 0.5) is 0 Å². The van der Waals surface area contributed by atoms with Crippen LogP contribution in [0.25, 0.3) is 21.4 Å². The zero-order chi connectivity index (χ0) is 37.0. The van der Waals surface area contributed by atoms with Crippen molar-refractivity contribution in [2.45, 2.75) is 114 Å². The molecule has 2 nitrogen and oxygen atoms in total. The molecular formula is C49H62N2PZr-5. The summed E-state index contributed by atoms with van der Waals surface area (Å²) in [7, 11) is -0.198. The first-order chi connectivity index (χ1) is 25.2. The van der Waals surface area contributed by atoms with Gasteiger partial charge < -0.3 is 10.6 Å². The SMILES string of the molecule is CC(C)(C)[N-]C([N-]Cc1cccc2ccccc12)P(C1CCCCC1)C1CCCCC1.[CH2-]c1ccccc1.[CH2-]c1ccccc1.[CH2-]c1ccccc1.[Zr]. The molecule has 282 valence electrons.